The molecular formula is C18H14F3N7O2S. The number of nitrogens with zero attached hydrogens (tertiary/aromatic N) is 4. The number of H-pyrrole nitrogens is 1. The molecule has 0 saturated heterocycles. The van der Waals surface area contributed by atoms with Gasteiger partial charge in [-0.1, -0.05) is 0 Å². The van der Waals surface area contributed by atoms with Crippen molar-refractivity contribution in [1.29, 1.82) is 0 Å². The maximum Gasteiger partial charge on any atom is 0.235 e. The van der Waals surface area contributed by atoms with Crippen LogP contribution in [0.25, 0.3) is 22.4 Å². The number of hydrogen-bond donors (Lipinski definition) is 3. The number of benzene rings is 1. The molecule has 0 saturated carbocycles. The summed E-state index contributed by atoms with van der Waals surface area (Å²) in [5.74, 6) is -3.02. The van der Waals surface area contributed by atoms with E-state index in [1.165, 1.54) is 18.9 Å². The summed E-state index contributed by atoms with van der Waals surface area (Å²) in [6.07, 6.45) is 4.13. The molecule has 4 rings (SSSR count). The highest BCUT2D eigenvalue weighted by Crippen LogP contribution is 2.33. The summed E-state index contributed by atoms with van der Waals surface area (Å²) in [5.41, 5.74) is 0.444. The third-order valence-electron chi connectivity index (χ3n) is 4.23. The Bertz CT molecular complexity index is 1360. The Kier molecular flexibility index (Phi) is 5.42. The molecule has 160 valence electrons. The molecule has 31 heavy (non-hydrogen) atoms. The van der Waals surface area contributed by atoms with Crippen LogP contribution < -0.4 is 10.0 Å². The topological polar surface area (TPSA) is 126 Å². The normalized spacial score (nSPS) is 11.6. The summed E-state index contributed by atoms with van der Waals surface area (Å²) in [5, 5.41) is 2.55. The summed E-state index contributed by atoms with van der Waals surface area (Å²) in [7, 11) is -4.14. The predicted molar refractivity (Wildman–Crippen MR) is 108 cm³/mol. The fraction of sp³-hybridized carbons (Fsp3) is 0.111. The van der Waals surface area contributed by atoms with Gasteiger partial charge < -0.3 is 10.3 Å². The highest BCUT2D eigenvalue weighted by molar-refractivity contribution is 7.92. The maximum absolute atomic E-state index is 14.9. The van der Waals surface area contributed by atoms with Gasteiger partial charge in [-0.2, -0.15) is 0 Å². The Morgan fingerprint density at radius 1 is 1.06 bits per heavy atom. The number of alkyl halides is 1. The number of sulfonamides is 1. The van der Waals surface area contributed by atoms with Crippen LogP contribution in [-0.2, 0) is 10.0 Å². The van der Waals surface area contributed by atoms with Gasteiger partial charge in [0, 0.05) is 11.8 Å². The second kappa shape index (κ2) is 8.18. The molecule has 3 aromatic heterocycles. The van der Waals surface area contributed by atoms with Crippen molar-refractivity contribution in [2.45, 2.75) is 0 Å². The number of aromatic nitrogens is 5. The Morgan fingerprint density at radius 2 is 1.90 bits per heavy atom. The smallest absolute Gasteiger partial charge is 0.235 e. The van der Waals surface area contributed by atoms with E-state index in [1.54, 1.807) is 12.1 Å². The lowest BCUT2D eigenvalue weighted by Crippen LogP contribution is -2.19. The molecule has 0 atom stereocenters. The van der Waals surface area contributed by atoms with E-state index in [2.05, 4.69) is 30.2 Å². The van der Waals surface area contributed by atoms with Gasteiger partial charge in [-0.05, 0) is 24.3 Å². The number of halogens is 3. The molecule has 0 aliphatic carbocycles. The fourth-order valence-corrected chi connectivity index (χ4v) is 3.64. The van der Waals surface area contributed by atoms with Crippen molar-refractivity contribution in [3.63, 3.8) is 0 Å². The van der Waals surface area contributed by atoms with E-state index in [1.807, 2.05) is 4.72 Å². The van der Waals surface area contributed by atoms with E-state index < -0.39 is 45.5 Å². The van der Waals surface area contributed by atoms with Gasteiger partial charge in [-0.15, -0.1) is 0 Å². The van der Waals surface area contributed by atoms with Gasteiger partial charge in [-0.3, -0.25) is 4.72 Å². The number of hydrogen-bond acceptors (Lipinski definition) is 7. The number of pyridine rings is 1. The first-order chi connectivity index (χ1) is 14.9. The summed E-state index contributed by atoms with van der Waals surface area (Å²) >= 11 is 0. The van der Waals surface area contributed by atoms with Gasteiger partial charge in [-0.25, -0.2) is 41.5 Å². The zero-order valence-electron chi connectivity index (χ0n) is 15.6. The molecule has 0 radical (unpaired) electrons. The molecule has 0 bridgehead atoms. The Hall–Kier alpha value is -3.74. The lowest BCUT2D eigenvalue weighted by atomic mass is 10.1. The minimum atomic E-state index is -4.14. The van der Waals surface area contributed by atoms with Crippen LogP contribution in [0.5, 0.6) is 0 Å². The summed E-state index contributed by atoms with van der Waals surface area (Å²) in [6, 6.07) is 5.01. The highest BCUT2D eigenvalue weighted by Gasteiger charge is 2.21. The molecule has 4 aromatic rings. The molecule has 3 heterocycles. The molecule has 13 heteroatoms. The van der Waals surface area contributed by atoms with Crippen molar-refractivity contribution in [2.24, 2.45) is 0 Å². The molecule has 0 spiro atoms. The fourth-order valence-electron chi connectivity index (χ4n) is 2.84. The van der Waals surface area contributed by atoms with Gasteiger partial charge in [0.1, 0.15) is 41.5 Å². The molecule has 0 fully saturated rings. The quantitative estimate of drug-likeness (QED) is 0.396. The number of imidazole rings is 1. The molecule has 0 amide bonds. The Morgan fingerprint density at radius 3 is 2.71 bits per heavy atom. The highest BCUT2D eigenvalue weighted by atomic mass is 32.2. The molecule has 9 nitrogen and oxygen atoms in total. The van der Waals surface area contributed by atoms with Crippen molar-refractivity contribution < 1.29 is 21.6 Å². The van der Waals surface area contributed by atoms with Crippen LogP contribution in [0.15, 0.2) is 43.1 Å². The summed E-state index contributed by atoms with van der Waals surface area (Å²) < 4.78 is 67.2. The van der Waals surface area contributed by atoms with Crippen LogP contribution in [0.4, 0.5) is 30.4 Å². The second-order valence-electron chi connectivity index (χ2n) is 6.24. The molecule has 0 unspecified atom stereocenters. The largest absolute Gasteiger partial charge is 0.335 e. The van der Waals surface area contributed by atoms with Gasteiger partial charge in [0.15, 0.2) is 11.5 Å². The van der Waals surface area contributed by atoms with Gasteiger partial charge in [0.25, 0.3) is 0 Å². The van der Waals surface area contributed by atoms with E-state index in [-0.39, 0.29) is 5.82 Å². The molecule has 0 aliphatic heterocycles. The molecule has 0 aliphatic rings. The summed E-state index contributed by atoms with van der Waals surface area (Å²) in [6.45, 7) is -1.15. The van der Waals surface area contributed by atoms with E-state index in [4.69, 9.17) is 0 Å². The number of anilines is 3. The van der Waals surface area contributed by atoms with Crippen molar-refractivity contribution in [1.82, 2.24) is 24.9 Å². The number of nitrogens with one attached hydrogen (secondary N) is 3. The first-order valence-corrected chi connectivity index (χ1v) is 10.5. The third kappa shape index (κ3) is 4.12. The van der Waals surface area contributed by atoms with E-state index in [0.717, 1.165) is 12.1 Å². The SMILES string of the molecule is O=S(=O)(CCF)Nc1ccc(F)c(Nc2ncccc2-c2ncnc3[nH]cnc23)c1F. The minimum Gasteiger partial charge on any atom is -0.335 e. The average molecular weight is 449 g/mol. The first-order valence-electron chi connectivity index (χ1n) is 8.80. The van der Waals surface area contributed by atoms with Crippen molar-refractivity contribution in [2.75, 3.05) is 22.5 Å². The minimum absolute atomic E-state index is 0.0482. The third-order valence-corrected chi connectivity index (χ3v) is 5.45. The molecule has 1 aromatic carbocycles. The Balaban J connectivity index is 1.76. The van der Waals surface area contributed by atoms with Crippen LogP contribution in [0.3, 0.4) is 0 Å². The van der Waals surface area contributed by atoms with Gasteiger partial charge in [0.05, 0.1) is 17.8 Å². The lowest BCUT2D eigenvalue weighted by molar-refractivity contribution is 0.518. The maximum atomic E-state index is 14.9. The number of aromatic amines is 1. The first kappa shape index (κ1) is 20.5. The van der Waals surface area contributed by atoms with Crippen LogP contribution in [0.2, 0.25) is 0 Å². The van der Waals surface area contributed by atoms with E-state index in [0.29, 0.717) is 22.4 Å². The van der Waals surface area contributed by atoms with Crippen LogP contribution in [-0.4, -0.2) is 45.8 Å². The molecular weight excluding hydrogens is 435 g/mol. The van der Waals surface area contributed by atoms with Gasteiger partial charge >= 0.3 is 0 Å². The van der Waals surface area contributed by atoms with E-state index in [9.17, 15) is 21.6 Å². The predicted octanol–water partition coefficient (Wildman–Crippen LogP) is 3.15. The van der Waals surface area contributed by atoms with Crippen LogP contribution >= 0.6 is 0 Å². The monoisotopic (exact) mass is 449 g/mol. The van der Waals surface area contributed by atoms with Crippen molar-refractivity contribution in [3.05, 3.63) is 54.8 Å². The summed E-state index contributed by atoms with van der Waals surface area (Å²) in [4.78, 5) is 19.4. The van der Waals surface area contributed by atoms with Crippen molar-refractivity contribution in [3.8, 4) is 11.3 Å². The zero-order valence-corrected chi connectivity index (χ0v) is 16.4. The standard InChI is InChI=1S/C18H14F3N7O2S/c19-5-7-31(29,30)28-12-4-3-11(20)15(13(12)21)27-17-10(2-1-6-22-17)14-16-18(25-8-23-14)26-9-24-16/h1-4,6,8-9,28H,5,7H2,(H,22,27)(H,23,24,25,26). The zero-order chi connectivity index (χ0) is 22.0. The number of rotatable bonds is 7. The van der Waals surface area contributed by atoms with Crippen LogP contribution in [0.1, 0.15) is 0 Å². The Labute approximate surface area is 173 Å². The molecule has 3 N–H and O–H groups in total. The number of fused-ring (bicyclic) bond motifs is 1. The van der Waals surface area contributed by atoms with E-state index >= 15 is 0 Å². The van der Waals surface area contributed by atoms with Crippen molar-refractivity contribution >= 4 is 38.4 Å². The van der Waals surface area contributed by atoms with Crippen LogP contribution in [0, 0.1) is 11.6 Å². The average Bonchev–Trinajstić information content (AvgIpc) is 3.22. The van der Waals surface area contributed by atoms with Gasteiger partial charge in [0.2, 0.25) is 10.0 Å². The lowest BCUT2D eigenvalue weighted by Gasteiger charge is -2.15. The second-order valence-corrected chi connectivity index (χ2v) is 8.08.